The molecule has 0 amide bonds. The summed E-state index contributed by atoms with van der Waals surface area (Å²) in [4.78, 5) is 12.4. The molecule has 0 heterocycles. The Labute approximate surface area is 196 Å². The molecule has 0 aromatic rings. The number of carbonyl (C=O) groups excluding carboxylic acids is 1. The summed E-state index contributed by atoms with van der Waals surface area (Å²) in [6, 6.07) is 0. The molecule has 0 saturated heterocycles. The Morgan fingerprint density at radius 3 is 2.21 bits per heavy atom. The number of aliphatic hydroxyl groups is 1. The molecule has 0 radical (unpaired) electrons. The zero-order valence-electron chi connectivity index (χ0n) is 19.4. The number of carbonyl (C=O) groups is 1. The fourth-order valence-electron chi connectivity index (χ4n) is 7.39. The summed E-state index contributed by atoms with van der Waals surface area (Å²) in [5, 5.41) is 11.3. The summed E-state index contributed by atoms with van der Waals surface area (Å²) in [6.45, 7) is 3.94. The van der Waals surface area contributed by atoms with Gasteiger partial charge in [-0.1, -0.05) is 19.8 Å². The molecule has 4 aliphatic rings. The van der Waals surface area contributed by atoms with E-state index in [-0.39, 0.29) is 17.6 Å². The van der Waals surface area contributed by atoms with Crippen LogP contribution in [0.2, 0.25) is 0 Å². The van der Waals surface area contributed by atoms with Crippen molar-refractivity contribution in [1.29, 1.82) is 0 Å². The van der Waals surface area contributed by atoms with Gasteiger partial charge < -0.3 is 5.11 Å². The highest BCUT2D eigenvalue weighted by atomic mass is 32.2. The van der Waals surface area contributed by atoms with Gasteiger partial charge >= 0.3 is 0 Å². The van der Waals surface area contributed by atoms with E-state index in [1.807, 2.05) is 13.8 Å². The van der Waals surface area contributed by atoms with Crippen molar-refractivity contribution in [1.82, 2.24) is 0 Å². The third-order valence-corrected chi connectivity index (χ3v) is 10.1. The van der Waals surface area contributed by atoms with Crippen LogP contribution in [0.4, 0.5) is 0 Å². The molecule has 8 atom stereocenters. The van der Waals surface area contributed by atoms with E-state index in [9.17, 15) is 26.7 Å². The maximum Gasteiger partial charge on any atom is 0.265 e. The van der Waals surface area contributed by atoms with Crippen molar-refractivity contribution in [2.45, 2.75) is 70.2 Å². The zero-order chi connectivity index (χ0) is 24.6. The molecular weight excluding hydrogens is 468 g/mol. The van der Waals surface area contributed by atoms with Crippen LogP contribution in [0.3, 0.4) is 0 Å². The van der Waals surface area contributed by atoms with Gasteiger partial charge in [0.1, 0.15) is 17.8 Å². The fourth-order valence-corrected chi connectivity index (χ4v) is 8.61. The van der Waals surface area contributed by atoms with Gasteiger partial charge in [0.25, 0.3) is 20.2 Å². The Bertz CT molecular complexity index is 1150. The van der Waals surface area contributed by atoms with Gasteiger partial charge in [-0.25, -0.2) is 0 Å². The van der Waals surface area contributed by atoms with Gasteiger partial charge in [0, 0.05) is 11.8 Å². The van der Waals surface area contributed by atoms with Crippen LogP contribution in [-0.4, -0.2) is 58.0 Å². The Morgan fingerprint density at radius 1 is 1.03 bits per heavy atom. The minimum Gasteiger partial charge on any atom is -0.377 e. The minimum absolute atomic E-state index is 0.0822. The molecule has 4 rings (SSSR count). The van der Waals surface area contributed by atoms with Gasteiger partial charge in [0.05, 0.1) is 12.5 Å². The van der Waals surface area contributed by atoms with Crippen molar-refractivity contribution < 1.29 is 35.1 Å². The number of rotatable bonds is 4. The van der Waals surface area contributed by atoms with Gasteiger partial charge in [0.2, 0.25) is 0 Å². The number of hydrogen-bond donors (Lipinski definition) is 1. The molecular formula is C23H32O8S2. The molecule has 0 bridgehead atoms. The van der Waals surface area contributed by atoms with E-state index in [4.69, 9.17) is 14.8 Å². The number of terminal acetylenes is 1. The van der Waals surface area contributed by atoms with Crippen LogP contribution in [0, 0.1) is 40.9 Å². The largest absolute Gasteiger partial charge is 0.377 e. The SMILES string of the molecule is C#C[C@]1(O)CC[C@H]2[C@@H]3[C@@H](OS(C)(=O)=O)[C@@H](OS(C)(=O)=O)C4=CC(=O)CC[C@]4(C)[C@H]3CC[C@@]21C. The molecule has 4 aliphatic carbocycles. The highest BCUT2D eigenvalue weighted by Gasteiger charge is 2.68. The lowest BCUT2D eigenvalue weighted by atomic mass is 9.45. The molecule has 0 spiro atoms. The highest BCUT2D eigenvalue weighted by molar-refractivity contribution is 7.86. The lowest BCUT2D eigenvalue weighted by molar-refractivity contribution is -0.151. The topological polar surface area (TPSA) is 124 Å². The van der Waals surface area contributed by atoms with Crippen LogP contribution in [0.1, 0.15) is 52.4 Å². The van der Waals surface area contributed by atoms with Crippen molar-refractivity contribution in [2.24, 2.45) is 28.6 Å². The first-order valence-electron chi connectivity index (χ1n) is 11.3. The first kappa shape index (κ1) is 24.9. The predicted molar refractivity (Wildman–Crippen MR) is 121 cm³/mol. The highest BCUT2D eigenvalue weighted by Crippen LogP contribution is 2.68. The van der Waals surface area contributed by atoms with Crippen LogP contribution < -0.4 is 0 Å². The maximum atomic E-state index is 12.4. The number of ketones is 1. The first-order valence-corrected chi connectivity index (χ1v) is 14.9. The predicted octanol–water partition coefficient (Wildman–Crippen LogP) is 1.79. The Hall–Kier alpha value is -1.25. The quantitative estimate of drug-likeness (QED) is 0.458. The summed E-state index contributed by atoms with van der Waals surface area (Å²) in [6.07, 6.45) is 9.61. The number of hydrogen-bond acceptors (Lipinski definition) is 8. The van der Waals surface area contributed by atoms with Gasteiger partial charge in [-0.3, -0.25) is 13.2 Å². The van der Waals surface area contributed by atoms with Crippen molar-refractivity contribution >= 4 is 26.0 Å². The Kier molecular flexibility index (Phi) is 5.74. The lowest BCUT2D eigenvalue weighted by Gasteiger charge is -2.61. The zero-order valence-corrected chi connectivity index (χ0v) is 21.0. The molecule has 0 unspecified atom stereocenters. The standard InChI is InChI=1S/C23H32O8S2/c1-6-23(25)12-9-16-18-15(8-11-22(16,23)3)21(2)10-7-14(24)13-17(21)19(30-32(4,26)27)20(18)31-33(5,28)29/h1,13,15-16,18-20,25H,7-12H2,2-5H3/t15-,16-,18+,19-,20+,21+,22-,23-/m0/s1. The summed E-state index contributed by atoms with van der Waals surface area (Å²) in [5.74, 6) is 1.71. The van der Waals surface area contributed by atoms with E-state index in [0.29, 0.717) is 44.1 Å². The maximum absolute atomic E-state index is 12.4. The minimum atomic E-state index is -4.02. The second-order valence-corrected chi connectivity index (χ2v) is 14.0. The van der Waals surface area contributed by atoms with Gasteiger partial charge in [-0.2, -0.15) is 16.8 Å². The molecule has 3 fully saturated rings. The van der Waals surface area contributed by atoms with E-state index >= 15 is 0 Å². The fraction of sp³-hybridized carbons (Fsp3) is 0.783. The first-order chi connectivity index (χ1) is 15.0. The summed E-state index contributed by atoms with van der Waals surface area (Å²) >= 11 is 0. The molecule has 1 N–H and O–H groups in total. The Morgan fingerprint density at radius 2 is 1.64 bits per heavy atom. The van der Waals surface area contributed by atoms with E-state index < -0.39 is 54.8 Å². The van der Waals surface area contributed by atoms with Gasteiger partial charge in [0.15, 0.2) is 5.78 Å². The smallest absolute Gasteiger partial charge is 0.265 e. The second-order valence-electron chi connectivity index (χ2n) is 10.8. The number of fused-ring (bicyclic) bond motifs is 5. The van der Waals surface area contributed by atoms with Crippen LogP contribution in [0.5, 0.6) is 0 Å². The van der Waals surface area contributed by atoms with E-state index in [1.165, 1.54) is 6.08 Å². The monoisotopic (exact) mass is 500 g/mol. The average Bonchev–Trinajstić information content (AvgIpc) is 2.95. The second kappa shape index (κ2) is 7.62. The van der Waals surface area contributed by atoms with Crippen molar-refractivity contribution in [3.8, 4) is 12.3 Å². The molecule has 3 saturated carbocycles. The third kappa shape index (κ3) is 3.90. The molecule has 0 aliphatic heterocycles. The summed E-state index contributed by atoms with van der Waals surface area (Å²) in [7, 11) is -8.02. The molecule has 0 aromatic heterocycles. The van der Waals surface area contributed by atoms with Crippen LogP contribution >= 0.6 is 0 Å². The molecule has 8 nitrogen and oxygen atoms in total. The van der Waals surface area contributed by atoms with Crippen molar-refractivity contribution in [3.63, 3.8) is 0 Å². The molecule has 33 heavy (non-hydrogen) atoms. The van der Waals surface area contributed by atoms with Crippen LogP contribution in [-0.2, 0) is 33.4 Å². The van der Waals surface area contributed by atoms with E-state index in [0.717, 1.165) is 12.5 Å². The van der Waals surface area contributed by atoms with Gasteiger partial charge in [-0.05, 0) is 66.9 Å². The summed E-state index contributed by atoms with van der Waals surface area (Å²) in [5.41, 5.74) is -2.11. The van der Waals surface area contributed by atoms with Crippen molar-refractivity contribution in [2.75, 3.05) is 12.5 Å². The van der Waals surface area contributed by atoms with Crippen LogP contribution in [0.15, 0.2) is 11.6 Å². The lowest BCUT2D eigenvalue weighted by Crippen LogP contribution is -2.63. The molecule has 0 aromatic carbocycles. The Balaban J connectivity index is 1.93. The third-order valence-electron chi connectivity index (χ3n) is 8.96. The molecule has 10 heteroatoms. The van der Waals surface area contributed by atoms with E-state index in [1.54, 1.807) is 0 Å². The molecule has 184 valence electrons. The average molecular weight is 501 g/mol. The van der Waals surface area contributed by atoms with Crippen molar-refractivity contribution in [3.05, 3.63) is 11.6 Å². The van der Waals surface area contributed by atoms with E-state index in [2.05, 4.69) is 5.92 Å². The van der Waals surface area contributed by atoms with Crippen LogP contribution in [0.25, 0.3) is 0 Å². The normalized spacial score (nSPS) is 45.4. The van der Waals surface area contributed by atoms with Gasteiger partial charge in [-0.15, -0.1) is 6.42 Å². The summed E-state index contributed by atoms with van der Waals surface area (Å²) < 4.78 is 60.3.